The average molecular weight is 251 g/mol. The van der Waals surface area contributed by atoms with Crippen LogP contribution in [-0.2, 0) is 0 Å². The minimum absolute atomic E-state index is 0.282. The second kappa shape index (κ2) is 5.27. The van der Waals surface area contributed by atoms with Crippen LogP contribution in [0.15, 0.2) is 18.2 Å². The summed E-state index contributed by atoms with van der Waals surface area (Å²) in [5.41, 5.74) is 1.69. The van der Waals surface area contributed by atoms with Crippen LogP contribution in [0.5, 0.6) is 0 Å². The van der Waals surface area contributed by atoms with Crippen LogP contribution in [0.1, 0.15) is 45.3 Å². The molecule has 1 aliphatic carbocycles. The minimum atomic E-state index is -0.635. The van der Waals surface area contributed by atoms with Gasteiger partial charge in [-0.25, -0.2) is 4.39 Å². The number of aliphatic hydroxyl groups is 1. The maximum atomic E-state index is 13.3. The molecule has 18 heavy (non-hydrogen) atoms. The molecule has 2 rings (SSSR count). The number of hydrogen-bond donors (Lipinski definition) is 1. The van der Waals surface area contributed by atoms with Crippen LogP contribution in [0.2, 0.25) is 0 Å². The zero-order chi connectivity index (χ0) is 13.3. The van der Waals surface area contributed by atoms with Gasteiger partial charge in [-0.05, 0) is 43.9 Å². The van der Waals surface area contributed by atoms with E-state index in [1.54, 1.807) is 13.0 Å². The molecular weight excluding hydrogens is 229 g/mol. The van der Waals surface area contributed by atoms with E-state index in [0.29, 0.717) is 17.5 Å². The SMILES string of the molecule is CC(C)CN(c1ccc(F)cc1C(C)O)C1CC1. The number of benzene rings is 1. The van der Waals surface area contributed by atoms with Crippen LogP contribution in [-0.4, -0.2) is 17.7 Å². The molecule has 1 aromatic rings. The molecule has 0 aromatic heterocycles. The molecule has 1 atom stereocenters. The lowest BCUT2D eigenvalue weighted by Gasteiger charge is -2.29. The molecule has 0 aliphatic heterocycles. The Morgan fingerprint density at radius 3 is 2.50 bits per heavy atom. The van der Waals surface area contributed by atoms with Crippen molar-refractivity contribution in [2.24, 2.45) is 5.92 Å². The Kier molecular flexibility index (Phi) is 3.91. The van der Waals surface area contributed by atoms with Gasteiger partial charge in [0.15, 0.2) is 0 Å². The quantitative estimate of drug-likeness (QED) is 0.865. The van der Waals surface area contributed by atoms with Gasteiger partial charge in [0.25, 0.3) is 0 Å². The van der Waals surface area contributed by atoms with Gasteiger partial charge >= 0.3 is 0 Å². The van der Waals surface area contributed by atoms with Crippen LogP contribution < -0.4 is 4.90 Å². The van der Waals surface area contributed by atoms with Gasteiger partial charge in [-0.15, -0.1) is 0 Å². The fraction of sp³-hybridized carbons (Fsp3) is 0.600. The molecule has 100 valence electrons. The van der Waals surface area contributed by atoms with E-state index in [0.717, 1.165) is 12.2 Å². The molecule has 0 radical (unpaired) electrons. The third-order valence-corrected chi connectivity index (χ3v) is 3.30. The lowest BCUT2D eigenvalue weighted by Crippen LogP contribution is -2.31. The smallest absolute Gasteiger partial charge is 0.123 e. The molecule has 0 spiro atoms. The Morgan fingerprint density at radius 2 is 2.00 bits per heavy atom. The van der Waals surface area contributed by atoms with Crippen LogP contribution in [0.3, 0.4) is 0 Å². The molecule has 1 N–H and O–H groups in total. The highest BCUT2D eigenvalue weighted by atomic mass is 19.1. The second-order valence-corrected chi connectivity index (χ2v) is 5.66. The van der Waals surface area contributed by atoms with Crippen LogP contribution in [0, 0.1) is 11.7 Å². The van der Waals surface area contributed by atoms with Crippen molar-refractivity contribution in [2.75, 3.05) is 11.4 Å². The predicted molar refractivity (Wildman–Crippen MR) is 72.2 cm³/mol. The Morgan fingerprint density at radius 1 is 1.33 bits per heavy atom. The van der Waals surface area contributed by atoms with Crippen molar-refractivity contribution in [1.82, 2.24) is 0 Å². The van der Waals surface area contributed by atoms with Crippen molar-refractivity contribution < 1.29 is 9.50 Å². The Balaban J connectivity index is 2.34. The lowest BCUT2D eigenvalue weighted by atomic mass is 10.1. The summed E-state index contributed by atoms with van der Waals surface area (Å²) in [7, 11) is 0. The molecule has 1 aliphatic rings. The van der Waals surface area contributed by atoms with E-state index in [1.807, 2.05) is 0 Å². The number of anilines is 1. The molecule has 3 heteroatoms. The summed E-state index contributed by atoms with van der Waals surface area (Å²) in [4.78, 5) is 2.33. The Hall–Kier alpha value is -1.09. The van der Waals surface area contributed by atoms with Crippen LogP contribution in [0.4, 0.5) is 10.1 Å². The summed E-state index contributed by atoms with van der Waals surface area (Å²) in [6.07, 6.45) is 1.76. The van der Waals surface area contributed by atoms with E-state index in [-0.39, 0.29) is 5.82 Å². The van der Waals surface area contributed by atoms with Gasteiger partial charge in [-0.3, -0.25) is 0 Å². The molecule has 1 aromatic carbocycles. The number of aliphatic hydroxyl groups excluding tert-OH is 1. The first-order valence-corrected chi connectivity index (χ1v) is 6.73. The highest BCUT2D eigenvalue weighted by Gasteiger charge is 2.31. The van der Waals surface area contributed by atoms with Crippen molar-refractivity contribution in [2.45, 2.75) is 45.8 Å². The summed E-state index contributed by atoms with van der Waals surface area (Å²) in [5, 5.41) is 9.82. The maximum Gasteiger partial charge on any atom is 0.123 e. The third-order valence-electron chi connectivity index (χ3n) is 3.30. The van der Waals surface area contributed by atoms with E-state index in [1.165, 1.54) is 25.0 Å². The van der Waals surface area contributed by atoms with E-state index < -0.39 is 6.10 Å². The zero-order valence-corrected chi connectivity index (χ0v) is 11.4. The fourth-order valence-corrected chi connectivity index (χ4v) is 2.35. The van der Waals surface area contributed by atoms with Gasteiger partial charge in [0, 0.05) is 23.8 Å². The normalized spacial score (nSPS) is 17.0. The molecule has 0 heterocycles. The minimum Gasteiger partial charge on any atom is -0.389 e. The summed E-state index contributed by atoms with van der Waals surface area (Å²) < 4.78 is 13.3. The van der Waals surface area contributed by atoms with Crippen molar-refractivity contribution in [3.05, 3.63) is 29.6 Å². The van der Waals surface area contributed by atoms with Gasteiger partial charge in [0.05, 0.1) is 6.10 Å². The molecule has 1 fully saturated rings. The summed E-state index contributed by atoms with van der Waals surface area (Å²) >= 11 is 0. The standard InChI is InChI=1S/C15H22FNO/c1-10(2)9-17(13-5-6-13)15-7-4-12(16)8-14(15)11(3)18/h4,7-8,10-11,13,18H,5-6,9H2,1-3H3. The van der Waals surface area contributed by atoms with Gasteiger partial charge in [0.2, 0.25) is 0 Å². The second-order valence-electron chi connectivity index (χ2n) is 5.66. The predicted octanol–water partition coefficient (Wildman–Crippen LogP) is 3.50. The van der Waals surface area contributed by atoms with E-state index >= 15 is 0 Å². The van der Waals surface area contributed by atoms with Gasteiger partial charge < -0.3 is 10.0 Å². The highest BCUT2D eigenvalue weighted by Crippen LogP contribution is 2.36. The largest absolute Gasteiger partial charge is 0.389 e. The molecular formula is C15H22FNO. The Bertz CT molecular complexity index is 413. The molecule has 0 bridgehead atoms. The van der Waals surface area contributed by atoms with E-state index in [9.17, 15) is 9.50 Å². The first-order chi connectivity index (χ1) is 8.49. The van der Waals surface area contributed by atoms with Crippen LogP contribution >= 0.6 is 0 Å². The van der Waals surface area contributed by atoms with Gasteiger partial charge in [-0.1, -0.05) is 13.8 Å². The van der Waals surface area contributed by atoms with Crippen molar-refractivity contribution in [1.29, 1.82) is 0 Å². The fourth-order valence-electron chi connectivity index (χ4n) is 2.35. The first kappa shape index (κ1) is 13.3. The van der Waals surface area contributed by atoms with E-state index in [4.69, 9.17) is 0 Å². The lowest BCUT2D eigenvalue weighted by molar-refractivity contribution is 0.199. The first-order valence-electron chi connectivity index (χ1n) is 6.73. The Labute approximate surface area is 108 Å². The highest BCUT2D eigenvalue weighted by molar-refractivity contribution is 5.56. The molecule has 1 unspecified atom stereocenters. The summed E-state index contributed by atoms with van der Waals surface area (Å²) in [5.74, 6) is 0.271. The van der Waals surface area contributed by atoms with Crippen molar-refractivity contribution in [3.63, 3.8) is 0 Å². The van der Waals surface area contributed by atoms with E-state index in [2.05, 4.69) is 18.7 Å². The summed E-state index contributed by atoms with van der Waals surface area (Å²) in [6, 6.07) is 5.31. The van der Waals surface area contributed by atoms with Crippen LogP contribution in [0.25, 0.3) is 0 Å². The average Bonchev–Trinajstić information content (AvgIpc) is 3.09. The third kappa shape index (κ3) is 3.02. The number of rotatable bonds is 5. The number of nitrogens with zero attached hydrogens (tertiary/aromatic N) is 1. The molecule has 1 saturated carbocycles. The number of hydrogen-bond acceptors (Lipinski definition) is 2. The van der Waals surface area contributed by atoms with Crippen molar-refractivity contribution >= 4 is 5.69 Å². The topological polar surface area (TPSA) is 23.5 Å². The van der Waals surface area contributed by atoms with Gasteiger partial charge in [-0.2, -0.15) is 0 Å². The number of halogens is 1. The van der Waals surface area contributed by atoms with Crippen molar-refractivity contribution in [3.8, 4) is 0 Å². The molecule has 0 amide bonds. The zero-order valence-electron chi connectivity index (χ0n) is 11.4. The van der Waals surface area contributed by atoms with Gasteiger partial charge in [0.1, 0.15) is 5.82 Å². The molecule has 2 nitrogen and oxygen atoms in total. The summed E-state index contributed by atoms with van der Waals surface area (Å²) in [6.45, 7) is 7.01. The maximum absolute atomic E-state index is 13.3. The monoisotopic (exact) mass is 251 g/mol. The molecule has 0 saturated heterocycles.